The molecule has 0 aromatic carbocycles. The van der Waals surface area contributed by atoms with E-state index in [2.05, 4.69) is 31.8 Å². The molecule has 0 radical (unpaired) electrons. The first kappa shape index (κ1) is 42.7. The minimum Gasteiger partial charge on any atom is -0.462 e. The van der Waals surface area contributed by atoms with Gasteiger partial charge >= 0.3 is 11.9 Å². The molecule has 0 spiro atoms. The normalized spacial score (nSPS) is 12.0. The summed E-state index contributed by atoms with van der Waals surface area (Å²) in [5, 5.41) is -0.00995. The lowest BCUT2D eigenvalue weighted by Crippen LogP contribution is -2.31. The SMILES string of the molecule is CCCCCC/C=C\COC(=O)CCCN(CCCC(=O)OC(CCCCCC)CCCCCCC)C(=O)SCCCn1ccnc1. The van der Waals surface area contributed by atoms with Gasteiger partial charge in [0.2, 0.25) is 0 Å². The molecule has 0 saturated heterocycles. The van der Waals surface area contributed by atoms with Crippen LogP contribution in [-0.4, -0.2) is 63.2 Å². The van der Waals surface area contributed by atoms with Crippen molar-refractivity contribution < 1.29 is 23.9 Å². The molecule has 9 heteroatoms. The number of allylic oxidation sites excluding steroid dienone is 1. The number of carbonyl (C=O) groups is 3. The van der Waals surface area contributed by atoms with E-state index in [4.69, 9.17) is 9.47 Å². The summed E-state index contributed by atoms with van der Waals surface area (Å²) in [6, 6.07) is 0. The second-order valence-electron chi connectivity index (χ2n) is 12.6. The van der Waals surface area contributed by atoms with Crippen LogP contribution in [0.4, 0.5) is 4.79 Å². The van der Waals surface area contributed by atoms with Crippen molar-refractivity contribution in [2.45, 2.75) is 168 Å². The Morgan fingerprint density at radius 3 is 2.02 bits per heavy atom. The number of aromatic nitrogens is 2. The molecule has 270 valence electrons. The molecule has 1 amide bonds. The van der Waals surface area contributed by atoms with E-state index in [0.29, 0.717) is 44.7 Å². The number of amides is 1. The summed E-state index contributed by atoms with van der Waals surface area (Å²) in [5.41, 5.74) is 0. The Balaban J connectivity index is 2.53. The number of hydrogen-bond acceptors (Lipinski definition) is 7. The third-order valence-corrected chi connectivity index (χ3v) is 9.26. The van der Waals surface area contributed by atoms with E-state index in [-0.39, 0.29) is 29.7 Å². The van der Waals surface area contributed by atoms with Gasteiger partial charge in [0, 0.05) is 50.6 Å². The summed E-state index contributed by atoms with van der Waals surface area (Å²) in [4.78, 5) is 44.2. The smallest absolute Gasteiger partial charge is 0.306 e. The van der Waals surface area contributed by atoms with Gasteiger partial charge in [-0.1, -0.05) is 109 Å². The predicted octanol–water partition coefficient (Wildman–Crippen LogP) is 10.3. The highest BCUT2D eigenvalue weighted by Gasteiger charge is 2.18. The fourth-order valence-electron chi connectivity index (χ4n) is 5.41. The molecule has 0 aliphatic rings. The molecule has 0 bridgehead atoms. The second-order valence-corrected chi connectivity index (χ2v) is 13.7. The number of ether oxygens (including phenoxy) is 2. The van der Waals surface area contributed by atoms with Crippen LogP contribution in [0, 0.1) is 0 Å². The molecule has 8 nitrogen and oxygen atoms in total. The first-order valence-corrected chi connectivity index (χ1v) is 19.9. The van der Waals surface area contributed by atoms with Gasteiger partial charge < -0.3 is 18.9 Å². The maximum atomic E-state index is 13.2. The highest BCUT2D eigenvalue weighted by atomic mass is 32.2. The molecule has 0 N–H and O–H groups in total. The van der Waals surface area contributed by atoms with Crippen LogP contribution >= 0.6 is 11.8 Å². The zero-order chi connectivity index (χ0) is 34.2. The van der Waals surface area contributed by atoms with Crippen LogP contribution in [0.3, 0.4) is 0 Å². The average molecular weight is 678 g/mol. The molecule has 0 aliphatic heterocycles. The van der Waals surface area contributed by atoms with E-state index in [1.165, 1.54) is 82.4 Å². The van der Waals surface area contributed by atoms with Crippen molar-refractivity contribution in [3.05, 3.63) is 30.9 Å². The van der Waals surface area contributed by atoms with E-state index in [0.717, 1.165) is 45.1 Å². The zero-order valence-electron chi connectivity index (χ0n) is 30.1. The Morgan fingerprint density at radius 2 is 1.38 bits per heavy atom. The molecule has 1 aromatic rings. The maximum Gasteiger partial charge on any atom is 0.306 e. The molecule has 0 fully saturated rings. The highest BCUT2D eigenvalue weighted by molar-refractivity contribution is 8.13. The third kappa shape index (κ3) is 25.4. The van der Waals surface area contributed by atoms with Crippen molar-refractivity contribution in [1.82, 2.24) is 14.5 Å². The Kier molecular flexibility index (Phi) is 28.2. The average Bonchev–Trinajstić information content (AvgIpc) is 3.59. The van der Waals surface area contributed by atoms with Crippen LogP contribution in [0.1, 0.15) is 156 Å². The molecule has 0 saturated carbocycles. The van der Waals surface area contributed by atoms with Gasteiger partial charge in [-0.15, -0.1) is 0 Å². The predicted molar refractivity (Wildman–Crippen MR) is 196 cm³/mol. The van der Waals surface area contributed by atoms with Gasteiger partial charge in [0.15, 0.2) is 0 Å². The standard InChI is InChI=1S/C38H67N3O5S/c1-4-7-10-13-14-16-19-32-45-36(42)25-20-29-41(38(44)47-33-22-28-40-31-27-39-34-40)30-21-26-37(43)46-35(23-17-12-9-6-3)24-18-15-11-8-5-2/h16,19,27,31,34-35H,4-15,17-18,20-26,28-30,32-33H2,1-3H3/b19-16-. The fraction of sp³-hybridized carbons (Fsp3) is 0.789. The van der Waals surface area contributed by atoms with Crippen molar-refractivity contribution >= 4 is 28.9 Å². The number of imidazole rings is 1. The van der Waals surface area contributed by atoms with E-state index >= 15 is 0 Å². The number of esters is 2. The van der Waals surface area contributed by atoms with Gasteiger partial charge in [-0.3, -0.25) is 14.4 Å². The van der Waals surface area contributed by atoms with Crippen molar-refractivity contribution in [2.75, 3.05) is 25.4 Å². The van der Waals surface area contributed by atoms with Crippen LogP contribution in [0.5, 0.6) is 0 Å². The number of nitrogens with zero attached hydrogens (tertiary/aromatic N) is 3. The molecule has 0 aliphatic carbocycles. The van der Waals surface area contributed by atoms with Crippen LogP contribution < -0.4 is 0 Å². The van der Waals surface area contributed by atoms with E-state index in [1.807, 2.05) is 16.8 Å². The molecular weight excluding hydrogens is 611 g/mol. The minimum atomic E-state index is -0.246. The molecule has 47 heavy (non-hydrogen) atoms. The van der Waals surface area contributed by atoms with Crippen LogP contribution in [-0.2, 0) is 25.6 Å². The van der Waals surface area contributed by atoms with E-state index < -0.39 is 0 Å². The maximum absolute atomic E-state index is 13.2. The molecule has 1 atom stereocenters. The molecule has 1 unspecified atom stereocenters. The first-order valence-electron chi connectivity index (χ1n) is 18.9. The second kappa shape index (κ2) is 31.0. The summed E-state index contributed by atoms with van der Waals surface area (Å²) >= 11 is 1.30. The Bertz CT molecular complexity index is 924. The van der Waals surface area contributed by atoms with Crippen molar-refractivity contribution in [3.8, 4) is 0 Å². The molecule has 1 heterocycles. The van der Waals surface area contributed by atoms with E-state index in [1.54, 1.807) is 17.4 Å². The number of unbranched alkanes of at least 4 members (excludes halogenated alkanes) is 11. The number of thioether (sulfide) groups is 1. The van der Waals surface area contributed by atoms with E-state index in [9.17, 15) is 14.4 Å². The summed E-state index contributed by atoms with van der Waals surface area (Å²) < 4.78 is 13.3. The van der Waals surface area contributed by atoms with Gasteiger partial charge in [0.1, 0.15) is 12.7 Å². The first-order chi connectivity index (χ1) is 23.0. The summed E-state index contributed by atoms with van der Waals surface area (Å²) in [6.07, 6.45) is 30.4. The van der Waals surface area contributed by atoms with Gasteiger partial charge in [-0.05, 0) is 57.8 Å². The summed E-state index contributed by atoms with van der Waals surface area (Å²) in [6.45, 7) is 8.66. The molecular formula is C38H67N3O5S. The van der Waals surface area contributed by atoms with Crippen LogP contribution in [0.2, 0.25) is 0 Å². The fourth-order valence-corrected chi connectivity index (χ4v) is 6.22. The topological polar surface area (TPSA) is 90.7 Å². The zero-order valence-corrected chi connectivity index (χ0v) is 31.0. The lowest BCUT2D eigenvalue weighted by molar-refractivity contribution is -0.150. The Morgan fingerprint density at radius 1 is 0.766 bits per heavy atom. The molecule has 1 aromatic heterocycles. The lowest BCUT2D eigenvalue weighted by atomic mass is 10.0. The van der Waals surface area contributed by atoms with Crippen LogP contribution in [0.25, 0.3) is 0 Å². The minimum absolute atomic E-state index is 0.00770. The number of rotatable bonds is 31. The quantitative estimate of drug-likeness (QED) is 0.0439. The largest absolute Gasteiger partial charge is 0.462 e. The summed E-state index contributed by atoms with van der Waals surface area (Å²) in [5.74, 6) is 0.283. The van der Waals surface area contributed by atoms with Crippen molar-refractivity contribution in [1.29, 1.82) is 0 Å². The number of hydrogen-bond donors (Lipinski definition) is 0. The third-order valence-electron chi connectivity index (χ3n) is 8.26. The molecule has 1 rings (SSSR count). The van der Waals surface area contributed by atoms with Gasteiger partial charge in [0.25, 0.3) is 5.24 Å². The monoisotopic (exact) mass is 677 g/mol. The Hall–Kier alpha value is -2.29. The lowest BCUT2D eigenvalue weighted by Gasteiger charge is -2.22. The van der Waals surface area contributed by atoms with Gasteiger partial charge in [-0.2, -0.15) is 0 Å². The van der Waals surface area contributed by atoms with Crippen molar-refractivity contribution in [3.63, 3.8) is 0 Å². The van der Waals surface area contributed by atoms with Crippen molar-refractivity contribution in [2.24, 2.45) is 0 Å². The highest BCUT2D eigenvalue weighted by Crippen LogP contribution is 2.18. The number of carbonyl (C=O) groups excluding carboxylic acids is 3. The van der Waals surface area contributed by atoms with Gasteiger partial charge in [-0.25, -0.2) is 4.98 Å². The van der Waals surface area contributed by atoms with Gasteiger partial charge in [0.05, 0.1) is 6.33 Å². The summed E-state index contributed by atoms with van der Waals surface area (Å²) in [7, 11) is 0. The number of aryl methyl sites for hydroxylation is 1. The van der Waals surface area contributed by atoms with Crippen LogP contribution in [0.15, 0.2) is 30.9 Å². The Labute approximate surface area is 291 Å².